The third-order valence-corrected chi connectivity index (χ3v) is 2.97. The summed E-state index contributed by atoms with van der Waals surface area (Å²) in [6.45, 7) is 10.5. The summed E-state index contributed by atoms with van der Waals surface area (Å²) in [5.74, 6) is 0.614. The van der Waals surface area contributed by atoms with E-state index in [1.165, 1.54) is 0 Å². The predicted molar refractivity (Wildman–Crippen MR) is 77.0 cm³/mol. The van der Waals surface area contributed by atoms with Crippen molar-refractivity contribution >= 4 is 5.95 Å². The Kier molecular flexibility index (Phi) is 3.64. The molecule has 2 heterocycles. The Morgan fingerprint density at radius 2 is 2.16 bits per heavy atom. The van der Waals surface area contributed by atoms with Gasteiger partial charge in [0.25, 0.3) is 0 Å². The van der Waals surface area contributed by atoms with Gasteiger partial charge in [-0.3, -0.25) is 4.68 Å². The van der Waals surface area contributed by atoms with Gasteiger partial charge in [-0.1, -0.05) is 12.2 Å². The van der Waals surface area contributed by atoms with Crippen molar-refractivity contribution in [1.29, 1.82) is 0 Å². The van der Waals surface area contributed by atoms with Crippen molar-refractivity contribution in [1.82, 2.24) is 19.7 Å². The first kappa shape index (κ1) is 13.3. The largest absolute Gasteiger partial charge is 0.350 e. The second-order valence-corrected chi connectivity index (χ2v) is 4.75. The van der Waals surface area contributed by atoms with Gasteiger partial charge in [0.05, 0.1) is 11.4 Å². The Hall–Kier alpha value is -2.17. The Morgan fingerprint density at radius 1 is 1.42 bits per heavy atom. The monoisotopic (exact) mass is 257 g/mol. The fraction of sp³-hybridized carbons (Fsp3) is 0.357. The molecule has 0 amide bonds. The van der Waals surface area contributed by atoms with Crippen LogP contribution in [0.4, 0.5) is 5.95 Å². The number of nitrogens with zero attached hydrogens (tertiary/aromatic N) is 4. The third kappa shape index (κ3) is 2.81. The van der Waals surface area contributed by atoms with Crippen molar-refractivity contribution < 1.29 is 0 Å². The quantitative estimate of drug-likeness (QED) is 0.855. The molecule has 19 heavy (non-hydrogen) atoms. The molecule has 2 rings (SSSR count). The van der Waals surface area contributed by atoms with E-state index in [0.29, 0.717) is 12.5 Å². The van der Waals surface area contributed by atoms with Crippen LogP contribution in [0, 0.1) is 13.8 Å². The molecule has 0 aliphatic heterocycles. The van der Waals surface area contributed by atoms with Gasteiger partial charge >= 0.3 is 0 Å². The maximum Gasteiger partial charge on any atom is 0.223 e. The number of hydrogen-bond acceptors (Lipinski definition) is 4. The first-order chi connectivity index (χ1) is 8.99. The van der Waals surface area contributed by atoms with E-state index in [2.05, 4.69) is 27.0 Å². The molecule has 2 aromatic heterocycles. The molecule has 0 atom stereocenters. The van der Waals surface area contributed by atoms with Crippen LogP contribution in [-0.2, 0) is 7.05 Å². The zero-order chi connectivity index (χ0) is 14.0. The molecule has 0 radical (unpaired) electrons. The minimum absolute atomic E-state index is 0.614. The highest BCUT2D eigenvalue weighted by atomic mass is 15.3. The highest BCUT2D eigenvalue weighted by molar-refractivity contribution is 5.65. The second-order valence-electron chi connectivity index (χ2n) is 4.75. The number of hydrogen-bond donors (Lipinski definition) is 1. The normalized spacial score (nSPS) is 10.5. The second kappa shape index (κ2) is 5.22. The number of aryl methyl sites for hydroxylation is 2. The summed E-state index contributed by atoms with van der Waals surface area (Å²) in [7, 11) is 1.94. The summed E-state index contributed by atoms with van der Waals surface area (Å²) in [4.78, 5) is 8.75. The summed E-state index contributed by atoms with van der Waals surface area (Å²) in [6, 6.07) is 1.91. The molecule has 0 aliphatic carbocycles. The van der Waals surface area contributed by atoms with Crippen molar-refractivity contribution in [2.24, 2.45) is 7.05 Å². The molecule has 5 heteroatoms. The van der Waals surface area contributed by atoms with Gasteiger partial charge in [-0.05, 0) is 26.8 Å². The van der Waals surface area contributed by atoms with Gasteiger partial charge in [-0.25, -0.2) is 9.97 Å². The van der Waals surface area contributed by atoms with Crippen LogP contribution in [0.15, 0.2) is 24.4 Å². The molecule has 1 N–H and O–H groups in total. The fourth-order valence-electron chi connectivity index (χ4n) is 1.96. The van der Waals surface area contributed by atoms with Crippen LogP contribution in [0.1, 0.15) is 18.3 Å². The Labute approximate surface area is 113 Å². The smallest absolute Gasteiger partial charge is 0.223 e. The van der Waals surface area contributed by atoms with Crippen molar-refractivity contribution in [2.45, 2.75) is 20.8 Å². The molecule has 0 saturated carbocycles. The van der Waals surface area contributed by atoms with E-state index in [1.807, 2.05) is 38.6 Å². The van der Waals surface area contributed by atoms with Crippen molar-refractivity contribution in [3.63, 3.8) is 0 Å². The summed E-state index contributed by atoms with van der Waals surface area (Å²) < 4.78 is 1.87. The molecule has 0 spiro atoms. The van der Waals surface area contributed by atoms with Crippen LogP contribution in [-0.4, -0.2) is 26.3 Å². The minimum atomic E-state index is 0.614. The number of anilines is 1. The van der Waals surface area contributed by atoms with Crippen LogP contribution < -0.4 is 5.32 Å². The summed E-state index contributed by atoms with van der Waals surface area (Å²) >= 11 is 0. The lowest BCUT2D eigenvalue weighted by molar-refractivity contribution is 0.731. The van der Waals surface area contributed by atoms with E-state index in [4.69, 9.17) is 0 Å². The first-order valence-electron chi connectivity index (χ1n) is 6.21. The van der Waals surface area contributed by atoms with Gasteiger partial charge < -0.3 is 5.32 Å². The summed E-state index contributed by atoms with van der Waals surface area (Å²) in [5.41, 5.74) is 5.08. The van der Waals surface area contributed by atoms with Crippen LogP contribution in [0.5, 0.6) is 0 Å². The Bertz CT molecular complexity index is 612. The van der Waals surface area contributed by atoms with Crippen LogP contribution in [0.2, 0.25) is 0 Å². The van der Waals surface area contributed by atoms with Gasteiger partial charge in [0.2, 0.25) is 5.95 Å². The molecule has 0 unspecified atom stereocenters. The first-order valence-corrected chi connectivity index (χ1v) is 6.21. The highest BCUT2D eigenvalue weighted by Gasteiger charge is 2.13. The van der Waals surface area contributed by atoms with Crippen molar-refractivity contribution in [2.75, 3.05) is 11.9 Å². The lowest BCUT2D eigenvalue weighted by Gasteiger charge is -2.06. The van der Waals surface area contributed by atoms with E-state index in [1.54, 1.807) is 6.20 Å². The zero-order valence-electron chi connectivity index (χ0n) is 11.9. The molecular formula is C14H19N5. The molecule has 100 valence electrons. The van der Waals surface area contributed by atoms with Crippen LogP contribution >= 0.6 is 0 Å². The summed E-state index contributed by atoms with van der Waals surface area (Å²) in [5, 5.41) is 7.56. The number of aromatic nitrogens is 4. The topological polar surface area (TPSA) is 55.6 Å². The van der Waals surface area contributed by atoms with Gasteiger partial charge in [0.1, 0.15) is 0 Å². The van der Waals surface area contributed by atoms with Gasteiger partial charge in [0, 0.05) is 31.0 Å². The van der Waals surface area contributed by atoms with Crippen molar-refractivity contribution in [3.05, 3.63) is 35.8 Å². The molecular weight excluding hydrogens is 238 g/mol. The standard InChI is InChI=1S/C14H19N5/c1-9(2)8-16-14-15-7-6-12(17-14)13-10(3)18-19(5)11(13)4/h6-7H,1,8H2,2-5H3,(H,15,16,17). The highest BCUT2D eigenvalue weighted by Crippen LogP contribution is 2.24. The average molecular weight is 257 g/mol. The van der Waals surface area contributed by atoms with E-state index < -0.39 is 0 Å². The van der Waals surface area contributed by atoms with E-state index in [0.717, 1.165) is 28.2 Å². The van der Waals surface area contributed by atoms with Gasteiger partial charge in [-0.15, -0.1) is 0 Å². The average Bonchev–Trinajstić information content (AvgIpc) is 2.61. The lowest BCUT2D eigenvalue weighted by atomic mass is 10.1. The molecule has 0 fully saturated rings. The van der Waals surface area contributed by atoms with Crippen molar-refractivity contribution in [3.8, 4) is 11.3 Å². The molecule has 0 saturated heterocycles. The van der Waals surface area contributed by atoms with E-state index in [-0.39, 0.29) is 0 Å². The third-order valence-electron chi connectivity index (χ3n) is 2.97. The van der Waals surface area contributed by atoms with Crippen LogP contribution in [0.25, 0.3) is 11.3 Å². The minimum Gasteiger partial charge on any atom is -0.350 e. The maximum absolute atomic E-state index is 4.53. The van der Waals surface area contributed by atoms with E-state index in [9.17, 15) is 0 Å². The molecule has 2 aromatic rings. The molecule has 0 aromatic carbocycles. The molecule has 5 nitrogen and oxygen atoms in total. The maximum atomic E-state index is 4.53. The van der Waals surface area contributed by atoms with Crippen LogP contribution in [0.3, 0.4) is 0 Å². The van der Waals surface area contributed by atoms with Gasteiger partial charge in [0.15, 0.2) is 0 Å². The molecule has 0 aliphatic rings. The molecule has 0 bridgehead atoms. The predicted octanol–water partition coefficient (Wildman–Crippen LogP) is 2.48. The lowest BCUT2D eigenvalue weighted by Crippen LogP contribution is -2.06. The Balaban J connectivity index is 2.35. The number of nitrogens with one attached hydrogen (secondary N) is 1. The fourth-order valence-corrected chi connectivity index (χ4v) is 1.96. The summed E-state index contributed by atoms with van der Waals surface area (Å²) in [6.07, 6.45) is 1.76. The Morgan fingerprint density at radius 3 is 2.74 bits per heavy atom. The zero-order valence-corrected chi connectivity index (χ0v) is 11.9. The number of rotatable bonds is 4. The van der Waals surface area contributed by atoms with E-state index >= 15 is 0 Å². The SMILES string of the molecule is C=C(C)CNc1nccc(-c2c(C)nn(C)c2C)n1. The van der Waals surface area contributed by atoms with Gasteiger partial charge in [-0.2, -0.15) is 5.10 Å².